The summed E-state index contributed by atoms with van der Waals surface area (Å²) in [6, 6.07) is 10.7. The summed E-state index contributed by atoms with van der Waals surface area (Å²) in [5.41, 5.74) is 2.72. The fourth-order valence-electron chi connectivity index (χ4n) is 2.88. The Morgan fingerprint density at radius 3 is 3.00 bits per heavy atom. The number of alkyl halides is 1. The standard InChI is InChI=1S/C15H16ClN/c1-15(7-6-13(16)10-15)12-4-5-14-11(9-12)3-2-8-17-14/h2-5,8-9,13H,6-7,10H2,1H3. The van der Waals surface area contributed by atoms with Crippen LogP contribution in [-0.2, 0) is 5.41 Å². The van der Waals surface area contributed by atoms with Crippen LogP contribution in [0.1, 0.15) is 31.7 Å². The molecule has 2 heteroatoms. The number of pyridine rings is 1. The molecule has 2 aromatic rings. The number of benzene rings is 1. The van der Waals surface area contributed by atoms with Crippen molar-refractivity contribution in [3.63, 3.8) is 0 Å². The Morgan fingerprint density at radius 1 is 1.35 bits per heavy atom. The lowest BCUT2D eigenvalue weighted by Crippen LogP contribution is -2.17. The molecule has 0 bridgehead atoms. The first kappa shape index (κ1) is 11.0. The third kappa shape index (κ3) is 1.93. The maximum absolute atomic E-state index is 6.25. The van der Waals surface area contributed by atoms with Gasteiger partial charge < -0.3 is 0 Å². The van der Waals surface area contributed by atoms with Gasteiger partial charge in [-0.05, 0) is 48.4 Å². The summed E-state index contributed by atoms with van der Waals surface area (Å²) in [6.45, 7) is 2.33. The number of hydrogen-bond acceptors (Lipinski definition) is 1. The Morgan fingerprint density at radius 2 is 2.24 bits per heavy atom. The van der Waals surface area contributed by atoms with Crippen LogP contribution in [0, 0.1) is 0 Å². The second-order valence-electron chi connectivity index (χ2n) is 5.31. The molecule has 17 heavy (non-hydrogen) atoms. The summed E-state index contributed by atoms with van der Waals surface area (Å²) in [5.74, 6) is 0. The van der Waals surface area contributed by atoms with Crippen LogP contribution >= 0.6 is 11.6 Å². The summed E-state index contributed by atoms with van der Waals surface area (Å²) in [4.78, 5) is 4.36. The Bertz CT molecular complexity index is 551. The number of fused-ring (bicyclic) bond motifs is 1. The first-order valence-corrected chi connectivity index (χ1v) is 6.60. The Kier molecular flexibility index (Phi) is 2.59. The van der Waals surface area contributed by atoms with Crippen LogP contribution in [0.3, 0.4) is 0 Å². The SMILES string of the molecule is CC1(c2ccc3ncccc3c2)CCC(Cl)C1. The molecule has 1 aromatic carbocycles. The first-order chi connectivity index (χ1) is 8.17. The molecule has 3 rings (SSSR count). The van der Waals surface area contributed by atoms with Gasteiger partial charge in [0.25, 0.3) is 0 Å². The van der Waals surface area contributed by atoms with Crippen molar-refractivity contribution in [2.45, 2.75) is 37.0 Å². The van der Waals surface area contributed by atoms with Gasteiger partial charge in [-0.1, -0.05) is 19.1 Å². The predicted octanol–water partition coefficient (Wildman–Crippen LogP) is 4.28. The van der Waals surface area contributed by atoms with E-state index in [1.807, 2.05) is 12.3 Å². The molecule has 0 amide bonds. The molecule has 1 aromatic heterocycles. The van der Waals surface area contributed by atoms with Crippen molar-refractivity contribution >= 4 is 22.5 Å². The molecular formula is C15H16ClN. The predicted molar refractivity (Wildman–Crippen MR) is 72.6 cm³/mol. The smallest absolute Gasteiger partial charge is 0.0702 e. The van der Waals surface area contributed by atoms with Crippen molar-refractivity contribution < 1.29 is 0 Å². The van der Waals surface area contributed by atoms with E-state index in [4.69, 9.17) is 11.6 Å². The molecule has 2 unspecified atom stereocenters. The lowest BCUT2D eigenvalue weighted by molar-refractivity contribution is 0.493. The average molecular weight is 246 g/mol. The van der Waals surface area contributed by atoms with Gasteiger partial charge >= 0.3 is 0 Å². The average Bonchev–Trinajstić information content (AvgIpc) is 2.70. The Balaban J connectivity index is 2.06. The summed E-state index contributed by atoms with van der Waals surface area (Å²) in [5, 5.41) is 1.56. The lowest BCUT2D eigenvalue weighted by atomic mass is 9.80. The second kappa shape index (κ2) is 3.99. The topological polar surface area (TPSA) is 12.9 Å². The van der Waals surface area contributed by atoms with Crippen molar-refractivity contribution in [2.75, 3.05) is 0 Å². The van der Waals surface area contributed by atoms with Crippen molar-refractivity contribution in [2.24, 2.45) is 0 Å². The summed E-state index contributed by atoms with van der Waals surface area (Å²) >= 11 is 6.25. The van der Waals surface area contributed by atoms with E-state index in [1.165, 1.54) is 17.4 Å². The van der Waals surface area contributed by atoms with Crippen molar-refractivity contribution in [1.82, 2.24) is 4.98 Å². The summed E-state index contributed by atoms with van der Waals surface area (Å²) in [6.07, 6.45) is 5.24. The van der Waals surface area contributed by atoms with Crippen LogP contribution in [0.4, 0.5) is 0 Å². The number of rotatable bonds is 1. The molecule has 2 atom stereocenters. The fourth-order valence-corrected chi connectivity index (χ4v) is 3.33. The van der Waals surface area contributed by atoms with Crippen LogP contribution in [0.15, 0.2) is 36.5 Å². The molecule has 0 aliphatic heterocycles. The highest BCUT2D eigenvalue weighted by Gasteiger charge is 2.35. The molecule has 1 heterocycles. The first-order valence-electron chi connectivity index (χ1n) is 6.17. The van der Waals surface area contributed by atoms with Crippen LogP contribution < -0.4 is 0 Å². The highest BCUT2D eigenvalue weighted by atomic mass is 35.5. The Hall–Kier alpha value is -1.08. The molecule has 0 N–H and O–H groups in total. The van der Waals surface area contributed by atoms with E-state index in [2.05, 4.69) is 36.2 Å². The molecule has 0 spiro atoms. The van der Waals surface area contributed by atoms with Gasteiger partial charge in [0.2, 0.25) is 0 Å². The monoisotopic (exact) mass is 245 g/mol. The minimum absolute atomic E-state index is 0.246. The van der Waals surface area contributed by atoms with Gasteiger partial charge in [0.15, 0.2) is 0 Å². The van der Waals surface area contributed by atoms with Gasteiger partial charge in [0, 0.05) is 17.0 Å². The van der Waals surface area contributed by atoms with E-state index in [9.17, 15) is 0 Å². The maximum atomic E-state index is 6.25. The zero-order valence-electron chi connectivity index (χ0n) is 9.99. The van der Waals surface area contributed by atoms with Gasteiger partial charge in [-0.3, -0.25) is 4.98 Å². The number of hydrogen-bond donors (Lipinski definition) is 0. The molecule has 0 saturated heterocycles. The van der Waals surface area contributed by atoms with Gasteiger partial charge in [0.05, 0.1) is 5.52 Å². The summed E-state index contributed by atoms with van der Waals surface area (Å²) in [7, 11) is 0. The Labute approximate surface area is 107 Å². The molecular weight excluding hydrogens is 230 g/mol. The molecule has 1 nitrogen and oxygen atoms in total. The number of nitrogens with zero attached hydrogens (tertiary/aromatic N) is 1. The molecule has 1 aliphatic carbocycles. The zero-order chi connectivity index (χ0) is 11.9. The normalized spacial score (nSPS) is 28.7. The van der Waals surface area contributed by atoms with E-state index < -0.39 is 0 Å². The van der Waals surface area contributed by atoms with Crippen LogP contribution in [0.25, 0.3) is 10.9 Å². The van der Waals surface area contributed by atoms with E-state index in [0.29, 0.717) is 5.38 Å². The van der Waals surface area contributed by atoms with Crippen LogP contribution in [0.2, 0.25) is 0 Å². The lowest BCUT2D eigenvalue weighted by Gasteiger charge is -2.24. The van der Waals surface area contributed by atoms with E-state index >= 15 is 0 Å². The number of halogens is 1. The quantitative estimate of drug-likeness (QED) is 0.684. The largest absolute Gasteiger partial charge is 0.256 e. The third-order valence-corrected chi connectivity index (χ3v) is 4.35. The van der Waals surface area contributed by atoms with Gasteiger partial charge in [-0.25, -0.2) is 0 Å². The van der Waals surface area contributed by atoms with Crippen molar-refractivity contribution in [3.8, 4) is 0 Å². The van der Waals surface area contributed by atoms with Crippen LogP contribution in [0.5, 0.6) is 0 Å². The minimum atomic E-state index is 0.246. The molecule has 88 valence electrons. The van der Waals surface area contributed by atoms with Gasteiger partial charge in [-0.2, -0.15) is 0 Å². The molecule has 1 aliphatic rings. The third-order valence-electron chi connectivity index (χ3n) is 3.98. The molecule has 1 saturated carbocycles. The highest BCUT2D eigenvalue weighted by Crippen LogP contribution is 2.43. The zero-order valence-corrected chi connectivity index (χ0v) is 10.7. The summed E-state index contributed by atoms with van der Waals surface area (Å²) < 4.78 is 0. The van der Waals surface area contributed by atoms with Crippen molar-refractivity contribution in [1.29, 1.82) is 0 Å². The number of aromatic nitrogens is 1. The minimum Gasteiger partial charge on any atom is -0.256 e. The van der Waals surface area contributed by atoms with Crippen molar-refractivity contribution in [3.05, 3.63) is 42.1 Å². The van der Waals surface area contributed by atoms with E-state index in [-0.39, 0.29) is 5.41 Å². The maximum Gasteiger partial charge on any atom is 0.0702 e. The van der Waals surface area contributed by atoms with E-state index in [0.717, 1.165) is 18.4 Å². The van der Waals surface area contributed by atoms with E-state index in [1.54, 1.807) is 0 Å². The second-order valence-corrected chi connectivity index (χ2v) is 5.93. The fraction of sp³-hybridized carbons (Fsp3) is 0.400. The highest BCUT2D eigenvalue weighted by molar-refractivity contribution is 6.20. The van der Waals surface area contributed by atoms with Gasteiger partial charge in [-0.15, -0.1) is 11.6 Å². The van der Waals surface area contributed by atoms with Gasteiger partial charge in [0.1, 0.15) is 0 Å². The molecule has 0 radical (unpaired) electrons. The van der Waals surface area contributed by atoms with Crippen LogP contribution in [-0.4, -0.2) is 10.4 Å². The molecule has 1 fully saturated rings.